The molecule has 0 aliphatic carbocycles. The average molecular weight is 404 g/mol. The second-order valence-electron chi connectivity index (χ2n) is 6.00. The Morgan fingerprint density at radius 3 is 2.30 bits per heavy atom. The van der Waals surface area contributed by atoms with Gasteiger partial charge in [0.2, 0.25) is 5.91 Å². The Morgan fingerprint density at radius 2 is 1.67 bits per heavy atom. The summed E-state index contributed by atoms with van der Waals surface area (Å²) in [6.45, 7) is 2.09. The summed E-state index contributed by atoms with van der Waals surface area (Å²) in [4.78, 5) is 24.0. The number of hydrogen-bond acceptors (Lipinski definition) is 3. The van der Waals surface area contributed by atoms with Crippen molar-refractivity contribution in [3.8, 4) is 0 Å². The molecule has 2 rings (SSSR count). The van der Waals surface area contributed by atoms with Crippen molar-refractivity contribution < 1.29 is 9.59 Å². The maximum atomic E-state index is 12.2. The lowest BCUT2D eigenvalue weighted by molar-refractivity contribution is -0.119. The number of carbonyl (C=O) groups is 2. The zero-order chi connectivity index (χ0) is 19.6. The third-order valence-electron chi connectivity index (χ3n) is 3.75. The van der Waals surface area contributed by atoms with E-state index < -0.39 is 0 Å². The summed E-state index contributed by atoms with van der Waals surface area (Å²) in [7, 11) is 0. The smallest absolute Gasteiger partial charge is 0.255 e. The molecule has 0 unspecified atom stereocenters. The van der Waals surface area contributed by atoms with Crippen LogP contribution in [-0.2, 0) is 4.79 Å². The number of carbonyl (C=O) groups excluding carboxylic acids is 2. The van der Waals surface area contributed by atoms with Gasteiger partial charge in [0, 0.05) is 28.4 Å². The molecule has 0 aromatic heterocycles. The molecule has 5 nitrogen and oxygen atoms in total. The Balaban J connectivity index is 1.85. The molecule has 0 bridgehead atoms. The molecular formula is C20H22ClN3O2S. The molecule has 27 heavy (non-hydrogen) atoms. The number of thiocarbonyl (C=S) groups is 1. The number of rotatable bonds is 7. The fraction of sp³-hybridized carbons (Fsp3) is 0.250. The van der Waals surface area contributed by atoms with Crippen LogP contribution in [0.2, 0.25) is 5.02 Å². The van der Waals surface area contributed by atoms with E-state index in [0.29, 0.717) is 22.7 Å². The summed E-state index contributed by atoms with van der Waals surface area (Å²) in [5.41, 5.74) is 1.84. The van der Waals surface area contributed by atoms with Gasteiger partial charge in [0.1, 0.15) is 0 Å². The Bertz CT molecular complexity index is 809. The maximum Gasteiger partial charge on any atom is 0.255 e. The van der Waals surface area contributed by atoms with Crippen molar-refractivity contribution in [3.63, 3.8) is 0 Å². The van der Waals surface area contributed by atoms with Crippen LogP contribution < -0.4 is 16.0 Å². The number of anilines is 2. The summed E-state index contributed by atoms with van der Waals surface area (Å²) in [6, 6.07) is 13.8. The zero-order valence-corrected chi connectivity index (χ0v) is 16.6. The summed E-state index contributed by atoms with van der Waals surface area (Å²) < 4.78 is 0. The molecule has 0 saturated carbocycles. The van der Waals surface area contributed by atoms with Crippen LogP contribution in [0.4, 0.5) is 11.4 Å². The molecule has 2 amide bonds. The molecule has 2 aromatic carbocycles. The highest BCUT2D eigenvalue weighted by molar-refractivity contribution is 7.80. The van der Waals surface area contributed by atoms with Crippen LogP contribution in [0.3, 0.4) is 0 Å². The molecule has 0 saturated heterocycles. The van der Waals surface area contributed by atoms with Gasteiger partial charge < -0.3 is 16.0 Å². The van der Waals surface area contributed by atoms with Crippen LogP contribution in [0.15, 0.2) is 48.5 Å². The van der Waals surface area contributed by atoms with Crippen molar-refractivity contribution in [2.45, 2.75) is 32.6 Å². The molecule has 0 aliphatic heterocycles. The standard InChI is InChI=1S/C20H22ClN3O2S/c1-2-3-4-8-18(25)24-20(27)23-17-11-9-16(10-12-17)22-19(26)14-6-5-7-15(21)13-14/h5-7,9-13H,2-4,8H2,1H3,(H,22,26)(H2,23,24,25,27). The van der Waals surface area contributed by atoms with Gasteiger partial charge in [-0.05, 0) is 61.1 Å². The molecule has 142 valence electrons. The topological polar surface area (TPSA) is 70.2 Å². The Morgan fingerprint density at radius 1 is 1.00 bits per heavy atom. The number of amides is 2. The van der Waals surface area contributed by atoms with Gasteiger partial charge in [-0.2, -0.15) is 0 Å². The summed E-state index contributed by atoms with van der Waals surface area (Å²) in [6.07, 6.45) is 3.41. The molecule has 2 aromatic rings. The van der Waals surface area contributed by atoms with E-state index >= 15 is 0 Å². The fourth-order valence-electron chi connectivity index (χ4n) is 2.36. The quantitative estimate of drug-likeness (QED) is 0.450. The highest BCUT2D eigenvalue weighted by atomic mass is 35.5. The van der Waals surface area contributed by atoms with Gasteiger partial charge >= 0.3 is 0 Å². The average Bonchev–Trinajstić information content (AvgIpc) is 2.63. The van der Waals surface area contributed by atoms with Gasteiger partial charge in [-0.25, -0.2) is 0 Å². The highest BCUT2D eigenvalue weighted by Crippen LogP contribution is 2.16. The van der Waals surface area contributed by atoms with Gasteiger partial charge in [0.25, 0.3) is 5.91 Å². The second-order valence-corrected chi connectivity index (χ2v) is 6.85. The minimum Gasteiger partial charge on any atom is -0.332 e. The lowest BCUT2D eigenvalue weighted by atomic mass is 10.2. The van der Waals surface area contributed by atoms with Crippen molar-refractivity contribution in [3.05, 3.63) is 59.1 Å². The van der Waals surface area contributed by atoms with Crippen molar-refractivity contribution in [1.29, 1.82) is 0 Å². The van der Waals surface area contributed by atoms with Gasteiger partial charge in [0.05, 0.1) is 0 Å². The van der Waals surface area contributed by atoms with E-state index in [1.807, 2.05) is 0 Å². The van der Waals surface area contributed by atoms with Gasteiger partial charge in [0.15, 0.2) is 5.11 Å². The lowest BCUT2D eigenvalue weighted by Gasteiger charge is -2.11. The lowest BCUT2D eigenvalue weighted by Crippen LogP contribution is -2.33. The Labute approximate surface area is 169 Å². The predicted molar refractivity (Wildman–Crippen MR) is 114 cm³/mol. The third-order valence-corrected chi connectivity index (χ3v) is 4.19. The van der Waals surface area contributed by atoms with E-state index in [4.69, 9.17) is 23.8 Å². The predicted octanol–water partition coefficient (Wildman–Crippen LogP) is 4.99. The van der Waals surface area contributed by atoms with E-state index in [1.165, 1.54) is 0 Å². The normalized spacial score (nSPS) is 10.1. The van der Waals surface area contributed by atoms with E-state index in [1.54, 1.807) is 48.5 Å². The van der Waals surface area contributed by atoms with E-state index in [9.17, 15) is 9.59 Å². The van der Waals surface area contributed by atoms with Crippen LogP contribution in [0, 0.1) is 0 Å². The Hall–Kier alpha value is -2.44. The van der Waals surface area contributed by atoms with Crippen molar-refractivity contribution in [2.24, 2.45) is 0 Å². The molecular weight excluding hydrogens is 382 g/mol. The minimum absolute atomic E-state index is 0.0913. The molecule has 0 atom stereocenters. The van der Waals surface area contributed by atoms with E-state index in [0.717, 1.165) is 24.9 Å². The largest absolute Gasteiger partial charge is 0.332 e. The zero-order valence-electron chi connectivity index (χ0n) is 15.0. The molecule has 0 radical (unpaired) electrons. The molecule has 0 fully saturated rings. The fourth-order valence-corrected chi connectivity index (χ4v) is 2.78. The first-order valence-electron chi connectivity index (χ1n) is 8.75. The number of unbranched alkanes of at least 4 members (excludes halogenated alkanes) is 2. The number of hydrogen-bond donors (Lipinski definition) is 3. The van der Waals surface area contributed by atoms with Gasteiger partial charge in [-0.3, -0.25) is 9.59 Å². The van der Waals surface area contributed by atoms with Crippen molar-refractivity contribution in [1.82, 2.24) is 5.32 Å². The highest BCUT2D eigenvalue weighted by Gasteiger charge is 2.07. The summed E-state index contributed by atoms with van der Waals surface area (Å²) in [5.74, 6) is -0.334. The SMILES string of the molecule is CCCCCC(=O)NC(=S)Nc1ccc(NC(=O)c2cccc(Cl)c2)cc1. The molecule has 0 heterocycles. The van der Waals surface area contributed by atoms with Crippen LogP contribution in [0.25, 0.3) is 0 Å². The van der Waals surface area contributed by atoms with Crippen LogP contribution in [0.5, 0.6) is 0 Å². The number of nitrogens with one attached hydrogen (secondary N) is 3. The first-order chi connectivity index (χ1) is 13.0. The summed E-state index contributed by atoms with van der Waals surface area (Å²) >= 11 is 11.0. The molecule has 3 N–H and O–H groups in total. The van der Waals surface area contributed by atoms with Crippen LogP contribution in [0.1, 0.15) is 43.0 Å². The number of benzene rings is 2. The van der Waals surface area contributed by atoms with Crippen LogP contribution >= 0.6 is 23.8 Å². The van der Waals surface area contributed by atoms with Crippen molar-refractivity contribution >= 4 is 52.1 Å². The van der Waals surface area contributed by atoms with E-state index in [2.05, 4.69) is 22.9 Å². The second kappa shape index (κ2) is 10.6. The first-order valence-corrected chi connectivity index (χ1v) is 9.54. The Kier molecular flexibility index (Phi) is 8.23. The van der Waals surface area contributed by atoms with Crippen LogP contribution in [-0.4, -0.2) is 16.9 Å². The molecule has 0 aliphatic rings. The van der Waals surface area contributed by atoms with Gasteiger partial charge in [-0.15, -0.1) is 0 Å². The molecule has 7 heteroatoms. The first kappa shape index (κ1) is 20.9. The third kappa shape index (κ3) is 7.37. The molecule has 0 spiro atoms. The van der Waals surface area contributed by atoms with E-state index in [-0.39, 0.29) is 16.9 Å². The van der Waals surface area contributed by atoms with Gasteiger partial charge in [-0.1, -0.05) is 37.4 Å². The summed E-state index contributed by atoms with van der Waals surface area (Å²) in [5, 5.41) is 9.17. The maximum absolute atomic E-state index is 12.2. The van der Waals surface area contributed by atoms with Crippen molar-refractivity contribution in [2.75, 3.05) is 10.6 Å². The number of halogens is 1. The minimum atomic E-state index is -0.243. The monoisotopic (exact) mass is 403 g/mol.